The van der Waals surface area contributed by atoms with E-state index in [-0.39, 0.29) is 44.8 Å². The predicted octanol–water partition coefficient (Wildman–Crippen LogP) is 5.70. The molecule has 0 aliphatic heterocycles. The number of aromatic nitrogens is 4. The monoisotopic (exact) mass is 884 g/mol. The second-order valence-corrected chi connectivity index (χ2v) is 16.9. The molecule has 6 aromatic rings. The maximum Gasteiger partial charge on any atom is 0.238 e. The Balaban J connectivity index is 0.000000225. The van der Waals surface area contributed by atoms with Crippen LogP contribution >= 0.6 is 23.2 Å². The minimum atomic E-state index is -4.11. The largest absolute Gasteiger partial charge is 0.383 e. The molecule has 0 bridgehead atoms. The summed E-state index contributed by atoms with van der Waals surface area (Å²) in [5.74, 6) is -1.49. The van der Waals surface area contributed by atoms with Crippen LogP contribution < -0.4 is 20.9 Å². The third-order valence-electron chi connectivity index (χ3n) is 8.60. The number of halogens is 3. The fraction of sp³-hybridized carbons (Fsp3) is 0.179. The summed E-state index contributed by atoms with van der Waals surface area (Å²) < 4.78 is 70.7. The van der Waals surface area contributed by atoms with Crippen molar-refractivity contribution in [2.24, 2.45) is 17.3 Å². The van der Waals surface area contributed by atoms with Crippen LogP contribution in [-0.2, 0) is 60.8 Å². The van der Waals surface area contributed by atoms with Gasteiger partial charge in [-0.25, -0.2) is 31.5 Å². The Morgan fingerprint density at radius 1 is 0.814 bits per heavy atom. The number of nitrogens with one attached hydrogen (secondary N) is 2. The number of hydrogen-bond donors (Lipinski definition) is 4. The summed E-state index contributed by atoms with van der Waals surface area (Å²) in [5.41, 5.74) is 3.88. The number of anilines is 2. The topological polar surface area (TPSA) is 223 Å². The van der Waals surface area contributed by atoms with Gasteiger partial charge in [-0.2, -0.15) is 10.2 Å². The Kier molecular flexibility index (Phi) is 14.4. The molecule has 2 aromatic heterocycles. The van der Waals surface area contributed by atoms with E-state index in [1.54, 1.807) is 72.2 Å². The molecule has 2 heterocycles. The van der Waals surface area contributed by atoms with Crippen LogP contribution in [0.1, 0.15) is 16.8 Å². The van der Waals surface area contributed by atoms with E-state index in [4.69, 9.17) is 38.2 Å². The Morgan fingerprint density at radius 2 is 1.41 bits per heavy atom. The molecule has 0 aliphatic rings. The van der Waals surface area contributed by atoms with Crippen LogP contribution in [-0.4, -0.2) is 61.9 Å². The summed E-state index contributed by atoms with van der Waals surface area (Å²) in [5, 5.41) is 25.1. The minimum absolute atomic E-state index is 0.0495. The summed E-state index contributed by atoms with van der Waals surface area (Å²) in [7, 11) is -4.86. The molecule has 0 aliphatic carbocycles. The number of nitrogens with zero attached hydrogens (tertiary/aromatic N) is 4. The van der Waals surface area contributed by atoms with E-state index < -0.39 is 31.8 Å². The molecule has 20 heteroatoms. The van der Waals surface area contributed by atoms with Crippen molar-refractivity contribution >= 4 is 66.4 Å². The summed E-state index contributed by atoms with van der Waals surface area (Å²) in [6, 6.07) is 21.8. The fourth-order valence-corrected chi connectivity index (χ4v) is 7.87. The van der Waals surface area contributed by atoms with Gasteiger partial charge in [-0.3, -0.25) is 19.0 Å². The Morgan fingerprint density at radius 3 is 1.98 bits per heavy atom. The Hall–Kier alpha value is -5.47. The van der Waals surface area contributed by atoms with Gasteiger partial charge in [0.25, 0.3) is 0 Å². The first-order chi connectivity index (χ1) is 27.8. The summed E-state index contributed by atoms with van der Waals surface area (Å²) in [6.07, 6.45) is 2.93. The lowest BCUT2D eigenvalue weighted by atomic mass is 10.1. The van der Waals surface area contributed by atoms with Gasteiger partial charge in [0.2, 0.25) is 31.9 Å². The summed E-state index contributed by atoms with van der Waals surface area (Å²) >= 11 is 12.0. The van der Waals surface area contributed by atoms with Gasteiger partial charge < -0.3 is 15.4 Å². The quantitative estimate of drug-likeness (QED) is 0.112. The molecular weight excluding hydrogens is 847 g/mol. The molecule has 0 spiro atoms. The van der Waals surface area contributed by atoms with Crippen molar-refractivity contribution in [1.82, 2.24) is 19.6 Å². The van der Waals surface area contributed by atoms with E-state index in [1.165, 1.54) is 48.7 Å². The van der Waals surface area contributed by atoms with Crippen molar-refractivity contribution in [3.05, 3.63) is 130 Å². The number of nitrogens with two attached hydrogens (primary N) is 2. The van der Waals surface area contributed by atoms with Gasteiger partial charge in [0.15, 0.2) is 0 Å². The first kappa shape index (κ1) is 44.6. The molecule has 0 saturated heterocycles. The third-order valence-corrected chi connectivity index (χ3v) is 11.2. The van der Waals surface area contributed by atoms with Crippen LogP contribution in [0, 0.1) is 12.7 Å². The molecule has 6 rings (SSSR count). The van der Waals surface area contributed by atoms with Crippen LogP contribution in [0.2, 0.25) is 10.0 Å². The molecular formula is C39H39Cl2FN8O7S2. The van der Waals surface area contributed by atoms with Crippen LogP contribution in [0.3, 0.4) is 0 Å². The molecule has 15 nitrogen and oxygen atoms in total. The number of sulfonamides is 2. The van der Waals surface area contributed by atoms with E-state index in [0.717, 1.165) is 5.69 Å². The molecule has 6 N–H and O–H groups in total. The van der Waals surface area contributed by atoms with Crippen molar-refractivity contribution in [3.63, 3.8) is 0 Å². The predicted molar refractivity (Wildman–Crippen MR) is 223 cm³/mol. The van der Waals surface area contributed by atoms with E-state index in [2.05, 4.69) is 20.8 Å². The second kappa shape index (κ2) is 19.1. The number of aryl methyl sites for hydroxylation is 2. The first-order valence-corrected chi connectivity index (χ1v) is 21.3. The van der Waals surface area contributed by atoms with Gasteiger partial charge in [-0.05, 0) is 67.1 Å². The van der Waals surface area contributed by atoms with Crippen molar-refractivity contribution in [2.75, 3.05) is 24.4 Å². The van der Waals surface area contributed by atoms with Gasteiger partial charge >= 0.3 is 0 Å². The highest BCUT2D eigenvalue weighted by molar-refractivity contribution is 7.89. The Labute approximate surface area is 350 Å². The van der Waals surface area contributed by atoms with E-state index in [0.29, 0.717) is 51.8 Å². The number of hydrogen-bond acceptors (Lipinski definition) is 9. The number of carbonyl (C=O) groups excluding carboxylic acids is 2. The molecule has 2 amide bonds. The summed E-state index contributed by atoms with van der Waals surface area (Å²) in [6.45, 7) is 2.75. The average Bonchev–Trinajstić information content (AvgIpc) is 3.78. The minimum Gasteiger partial charge on any atom is -0.383 e. The molecule has 4 aromatic carbocycles. The van der Waals surface area contributed by atoms with Gasteiger partial charge in [-0.15, -0.1) is 0 Å². The first-order valence-electron chi connectivity index (χ1n) is 17.5. The lowest BCUT2D eigenvalue weighted by Crippen LogP contribution is -2.17. The Bertz CT molecular complexity index is 2720. The molecule has 0 saturated carbocycles. The van der Waals surface area contributed by atoms with Gasteiger partial charge in [0.05, 0.1) is 53.4 Å². The van der Waals surface area contributed by atoms with Crippen LogP contribution in [0.25, 0.3) is 22.4 Å². The number of ether oxygens (including phenoxy) is 1. The number of methoxy groups -OCH3 is 1. The smallest absolute Gasteiger partial charge is 0.238 e. The molecule has 0 fully saturated rings. The highest BCUT2D eigenvalue weighted by atomic mass is 35.5. The molecule has 310 valence electrons. The number of carbonyl (C=O) groups is 2. The van der Waals surface area contributed by atoms with Crippen molar-refractivity contribution in [1.29, 1.82) is 0 Å². The summed E-state index contributed by atoms with van der Waals surface area (Å²) in [4.78, 5) is 24.4. The molecule has 0 atom stereocenters. The normalized spacial score (nSPS) is 11.5. The van der Waals surface area contributed by atoms with Crippen LogP contribution in [0.15, 0.2) is 107 Å². The van der Waals surface area contributed by atoms with E-state index >= 15 is 0 Å². The van der Waals surface area contributed by atoms with Gasteiger partial charge in [0.1, 0.15) is 5.82 Å². The zero-order valence-corrected chi connectivity index (χ0v) is 35.0. The maximum atomic E-state index is 13.9. The number of primary sulfonamides is 2. The maximum absolute atomic E-state index is 13.9. The molecule has 0 unspecified atom stereocenters. The second-order valence-electron chi connectivity index (χ2n) is 13.0. The average molecular weight is 886 g/mol. The lowest BCUT2D eigenvalue weighted by Gasteiger charge is -2.12. The van der Waals surface area contributed by atoms with Gasteiger partial charge in [0, 0.05) is 64.0 Å². The number of rotatable bonds is 13. The third kappa shape index (κ3) is 11.8. The van der Waals surface area contributed by atoms with E-state index in [1.807, 2.05) is 6.92 Å². The van der Waals surface area contributed by atoms with Gasteiger partial charge in [-0.1, -0.05) is 53.5 Å². The van der Waals surface area contributed by atoms with Crippen molar-refractivity contribution in [3.8, 4) is 22.4 Å². The fourth-order valence-electron chi connectivity index (χ4n) is 5.88. The highest BCUT2D eigenvalue weighted by Gasteiger charge is 2.21. The molecule has 59 heavy (non-hydrogen) atoms. The van der Waals surface area contributed by atoms with Crippen LogP contribution in [0.4, 0.5) is 15.8 Å². The standard InChI is InChI=1S/C20H20ClFN4O4S.C19H19ClN4O3S/c1-30-8-7-26-12-13(11-24-26)15-6-5-14(9-19(15)31(23,28)29)25-20(27)10-16-17(21)3-2-4-18(16)22;1-12-9-17(24(2)23-12)15-8-7-14(11-18(15)28(21,26)27)22-19(25)10-13-5-3-4-6-16(13)20/h2-6,9,11-12H,7-8,10H2,1H3,(H,25,27)(H2,23,28,29);3-9,11H,10H2,1-2H3,(H,22,25)(H2,21,26,27). The SMILES string of the molecule is COCCn1cc(-c2ccc(NC(=O)Cc3c(F)cccc3Cl)cc2S(N)(=O)=O)cn1.Cc1cc(-c2ccc(NC(=O)Cc3ccccc3Cl)cc2S(N)(=O)=O)n(C)n1. The number of amides is 2. The van der Waals surface area contributed by atoms with Crippen molar-refractivity contribution in [2.45, 2.75) is 36.1 Å². The number of benzene rings is 4. The van der Waals surface area contributed by atoms with Crippen LogP contribution in [0.5, 0.6) is 0 Å². The van der Waals surface area contributed by atoms with Crippen molar-refractivity contribution < 1.29 is 35.6 Å². The molecule has 0 radical (unpaired) electrons. The highest BCUT2D eigenvalue weighted by Crippen LogP contribution is 2.31. The zero-order chi connectivity index (χ0) is 43.1. The zero-order valence-electron chi connectivity index (χ0n) is 31.8. The lowest BCUT2D eigenvalue weighted by molar-refractivity contribution is -0.116. The van der Waals surface area contributed by atoms with E-state index in [9.17, 15) is 30.8 Å².